The van der Waals surface area contributed by atoms with Gasteiger partial charge >= 0.3 is 0 Å². The number of hydrogen-bond acceptors (Lipinski definition) is 7. The summed E-state index contributed by atoms with van der Waals surface area (Å²) >= 11 is 0. The van der Waals surface area contributed by atoms with E-state index in [1.54, 1.807) is 37.4 Å². The van der Waals surface area contributed by atoms with Gasteiger partial charge in [0.05, 0.1) is 32.2 Å². The molecule has 3 rings (SSSR count). The normalized spacial score (nSPS) is 10.2. The molecule has 0 aliphatic heterocycles. The Bertz CT molecular complexity index is 977. The van der Waals surface area contributed by atoms with Crippen LogP contribution in [0.2, 0.25) is 0 Å². The van der Waals surface area contributed by atoms with E-state index in [2.05, 4.69) is 20.8 Å². The van der Waals surface area contributed by atoms with Crippen LogP contribution >= 0.6 is 0 Å². The molecule has 0 fully saturated rings. The highest BCUT2D eigenvalue weighted by atomic mass is 16.5. The number of ether oxygens (including phenoxy) is 3. The van der Waals surface area contributed by atoms with Crippen molar-refractivity contribution in [2.24, 2.45) is 0 Å². The predicted octanol–water partition coefficient (Wildman–Crippen LogP) is 3.89. The standard InChI is InChI=1S/C21H22N4O4/c1-4-29-19-8-6-5-7-15(19)22-20-12-10-16(24-25-20)21(26)23-17-13-14(27-2)9-11-18(17)28-3/h5-13H,4H2,1-3H3,(H,22,25)(H,23,26). The quantitative estimate of drug-likeness (QED) is 0.598. The molecule has 8 nitrogen and oxygen atoms in total. The Morgan fingerprint density at radius 3 is 2.45 bits per heavy atom. The number of anilines is 3. The summed E-state index contributed by atoms with van der Waals surface area (Å²) in [4.78, 5) is 12.5. The monoisotopic (exact) mass is 394 g/mol. The molecule has 0 radical (unpaired) electrons. The minimum atomic E-state index is -0.412. The molecule has 0 aliphatic carbocycles. The lowest BCUT2D eigenvalue weighted by Gasteiger charge is -2.12. The van der Waals surface area contributed by atoms with Gasteiger partial charge < -0.3 is 24.8 Å². The average molecular weight is 394 g/mol. The molecule has 150 valence electrons. The Morgan fingerprint density at radius 2 is 1.76 bits per heavy atom. The minimum absolute atomic E-state index is 0.165. The van der Waals surface area contributed by atoms with Crippen molar-refractivity contribution < 1.29 is 19.0 Å². The summed E-state index contributed by atoms with van der Waals surface area (Å²) in [6, 6.07) is 15.9. The highest BCUT2D eigenvalue weighted by molar-refractivity contribution is 6.03. The lowest BCUT2D eigenvalue weighted by molar-refractivity contribution is 0.102. The van der Waals surface area contributed by atoms with Gasteiger partial charge in [0.15, 0.2) is 11.5 Å². The van der Waals surface area contributed by atoms with Crippen LogP contribution in [0.25, 0.3) is 0 Å². The van der Waals surface area contributed by atoms with Crippen LogP contribution in [0.5, 0.6) is 17.2 Å². The molecule has 2 aromatic carbocycles. The number of benzene rings is 2. The first-order valence-electron chi connectivity index (χ1n) is 9.00. The molecule has 3 aromatic rings. The third-order valence-corrected chi connectivity index (χ3v) is 4.00. The Kier molecular flexibility index (Phi) is 6.47. The molecule has 8 heteroatoms. The van der Waals surface area contributed by atoms with Crippen LogP contribution in [0.4, 0.5) is 17.2 Å². The number of aromatic nitrogens is 2. The van der Waals surface area contributed by atoms with Crippen LogP contribution in [0.3, 0.4) is 0 Å². The lowest BCUT2D eigenvalue weighted by Crippen LogP contribution is -2.15. The number of amides is 1. The zero-order valence-electron chi connectivity index (χ0n) is 16.4. The average Bonchev–Trinajstić information content (AvgIpc) is 2.75. The lowest BCUT2D eigenvalue weighted by atomic mass is 10.2. The number of nitrogens with one attached hydrogen (secondary N) is 2. The highest BCUT2D eigenvalue weighted by Gasteiger charge is 2.13. The maximum atomic E-state index is 12.5. The maximum Gasteiger partial charge on any atom is 0.276 e. The van der Waals surface area contributed by atoms with Gasteiger partial charge in [0.2, 0.25) is 0 Å². The summed E-state index contributed by atoms with van der Waals surface area (Å²) < 4.78 is 16.0. The topological polar surface area (TPSA) is 94.6 Å². The molecule has 0 aliphatic rings. The smallest absolute Gasteiger partial charge is 0.276 e. The van der Waals surface area contributed by atoms with Crippen molar-refractivity contribution >= 4 is 23.1 Å². The maximum absolute atomic E-state index is 12.5. The molecule has 29 heavy (non-hydrogen) atoms. The molecule has 0 unspecified atom stereocenters. The molecule has 0 bridgehead atoms. The number of carbonyl (C=O) groups excluding carboxylic acids is 1. The van der Waals surface area contributed by atoms with E-state index in [1.165, 1.54) is 7.11 Å². The Morgan fingerprint density at radius 1 is 0.931 bits per heavy atom. The number of hydrogen-bond donors (Lipinski definition) is 2. The van der Waals surface area contributed by atoms with E-state index in [4.69, 9.17) is 14.2 Å². The molecule has 1 heterocycles. The summed E-state index contributed by atoms with van der Waals surface area (Å²) in [5.74, 6) is 1.90. The Labute approximate surface area is 168 Å². The van der Waals surface area contributed by atoms with E-state index in [9.17, 15) is 4.79 Å². The van der Waals surface area contributed by atoms with Crippen LogP contribution in [0, 0.1) is 0 Å². The van der Waals surface area contributed by atoms with Crippen LogP contribution < -0.4 is 24.8 Å². The van der Waals surface area contributed by atoms with E-state index in [0.717, 1.165) is 5.69 Å². The number of para-hydroxylation sites is 2. The summed E-state index contributed by atoms with van der Waals surface area (Å²) in [7, 11) is 3.08. The van der Waals surface area contributed by atoms with Gasteiger partial charge in [-0.3, -0.25) is 4.79 Å². The largest absolute Gasteiger partial charge is 0.497 e. The molecule has 0 spiro atoms. The molecule has 1 amide bonds. The van der Waals surface area contributed by atoms with Crippen molar-refractivity contribution in [1.29, 1.82) is 0 Å². The van der Waals surface area contributed by atoms with Crippen molar-refractivity contribution in [2.75, 3.05) is 31.5 Å². The number of rotatable bonds is 8. The molecule has 0 saturated carbocycles. The van der Waals surface area contributed by atoms with Crippen molar-refractivity contribution in [1.82, 2.24) is 10.2 Å². The van der Waals surface area contributed by atoms with Crippen LogP contribution in [0.1, 0.15) is 17.4 Å². The van der Waals surface area contributed by atoms with Gasteiger partial charge in [-0.1, -0.05) is 12.1 Å². The first-order valence-corrected chi connectivity index (χ1v) is 9.00. The minimum Gasteiger partial charge on any atom is -0.497 e. The van der Waals surface area contributed by atoms with Gasteiger partial charge in [0.25, 0.3) is 5.91 Å². The number of nitrogens with zero attached hydrogens (tertiary/aromatic N) is 2. The van der Waals surface area contributed by atoms with Gasteiger partial charge in [0, 0.05) is 6.07 Å². The molecule has 0 atom stereocenters. The van der Waals surface area contributed by atoms with Gasteiger partial charge in [0.1, 0.15) is 17.2 Å². The Hall–Kier alpha value is -3.81. The summed E-state index contributed by atoms with van der Waals surface area (Å²) in [6.45, 7) is 2.47. The van der Waals surface area contributed by atoms with Gasteiger partial charge in [-0.15, -0.1) is 10.2 Å². The highest BCUT2D eigenvalue weighted by Crippen LogP contribution is 2.29. The van der Waals surface area contributed by atoms with E-state index in [-0.39, 0.29) is 5.69 Å². The van der Waals surface area contributed by atoms with Crippen LogP contribution in [0.15, 0.2) is 54.6 Å². The van der Waals surface area contributed by atoms with Crippen molar-refractivity contribution in [3.05, 3.63) is 60.3 Å². The van der Waals surface area contributed by atoms with Gasteiger partial charge in [-0.05, 0) is 43.3 Å². The van der Waals surface area contributed by atoms with E-state index in [1.807, 2.05) is 31.2 Å². The fourth-order valence-corrected chi connectivity index (χ4v) is 2.61. The molecule has 2 N–H and O–H groups in total. The summed E-state index contributed by atoms with van der Waals surface area (Å²) in [5, 5.41) is 14.0. The SMILES string of the molecule is CCOc1ccccc1Nc1ccc(C(=O)Nc2cc(OC)ccc2OC)nn1. The fourth-order valence-electron chi connectivity index (χ4n) is 2.61. The van der Waals surface area contributed by atoms with E-state index < -0.39 is 5.91 Å². The molecular formula is C21H22N4O4. The summed E-state index contributed by atoms with van der Waals surface area (Å²) in [6.07, 6.45) is 0. The van der Waals surface area contributed by atoms with Crippen LogP contribution in [-0.4, -0.2) is 36.9 Å². The molecule has 0 saturated heterocycles. The van der Waals surface area contributed by atoms with Crippen molar-refractivity contribution in [3.8, 4) is 17.2 Å². The number of methoxy groups -OCH3 is 2. The van der Waals surface area contributed by atoms with Crippen molar-refractivity contribution in [2.45, 2.75) is 6.92 Å². The summed E-state index contributed by atoms with van der Waals surface area (Å²) in [5.41, 5.74) is 1.41. The molecular weight excluding hydrogens is 372 g/mol. The zero-order valence-corrected chi connectivity index (χ0v) is 16.4. The predicted molar refractivity (Wildman–Crippen MR) is 110 cm³/mol. The second-order valence-corrected chi connectivity index (χ2v) is 5.88. The zero-order chi connectivity index (χ0) is 20.6. The van der Waals surface area contributed by atoms with Crippen molar-refractivity contribution in [3.63, 3.8) is 0 Å². The van der Waals surface area contributed by atoms with E-state index in [0.29, 0.717) is 35.4 Å². The Balaban J connectivity index is 1.73. The first kappa shape index (κ1) is 19.9. The second kappa shape index (κ2) is 9.41. The molecule has 1 aromatic heterocycles. The number of carbonyl (C=O) groups is 1. The van der Waals surface area contributed by atoms with Crippen LogP contribution in [-0.2, 0) is 0 Å². The second-order valence-electron chi connectivity index (χ2n) is 5.88. The van der Waals surface area contributed by atoms with Gasteiger partial charge in [-0.25, -0.2) is 0 Å². The van der Waals surface area contributed by atoms with E-state index >= 15 is 0 Å². The third-order valence-electron chi connectivity index (χ3n) is 4.00. The fraction of sp³-hybridized carbons (Fsp3) is 0.190. The van der Waals surface area contributed by atoms with Gasteiger partial charge in [-0.2, -0.15) is 0 Å². The third kappa shape index (κ3) is 4.92. The first-order chi connectivity index (χ1) is 14.1.